The second-order valence-electron chi connectivity index (χ2n) is 2.98. The normalized spacial score (nSPS) is 10.3. The smallest absolute Gasteiger partial charge is 0.183 e. The average Bonchev–Trinajstić information content (AvgIpc) is 2.74. The monoisotopic (exact) mass is 269 g/mol. The van der Waals surface area contributed by atoms with Crippen molar-refractivity contribution in [2.24, 2.45) is 0 Å². The number of thiophene rings is 1. The first-order valence-corrected chi connectivity index (χ1v) is 6.76. The fourth-order valence-corrected chi connectivity index (χ4v) is 2.92. The summed E-state index contributed by atoms with van der Waals surface area (Å²) in [6, 6.07) is 9.14. The summed E-state index contributed by atoms with van der Waals surface area (Å²) in [5.41, 5.74) is 0. The number of carbonyl (C=O) groups is 1. The van der Waals surface area contributed by atoms with Gasteiger partial charge in [0.05, 0.1) is 20.0 Å². The number of hydrogen-bond donors (Lipinski definition) is 0. The average molecular weight is 270 g/mol. The molecule has 2 nitrogen and oxygen atoms in total. The lowest BCUT2D eigenvalue weighted by molar-refractivity contribution is 0.102. The zero-order chi connectivity index (χ0) is 11.4. The molecule has 0 N–H and O–H groups in total. The molecule has 0 unspecified atom stereocenters. The topological polar surface area (TPSA) is 30.0 Å². The van der Waals surface area contributed by atoms with Crippen LogP contribution < -0.4 is 0 Å². The van der Waals surface area contributed by atoms with Crippen molar-refractivity contribution in [3.05, 3.63) is 45.7 Å². The first-order chi connectivity index (χ1) is 7.75. The largest absolute Gasteiger partial charge is 0.292 e. The predicted molar refractivity (Wildman–Crippen MR) is 68.6 cm³/mol. The Bertz CT molecular complexity index is 484. The number of Topliss-reactive ketones (excluding diaryl/α,β-unsaturated/α-hetero) is 1. The summed E-state index contributed by atoms with van der Waals surface area (Å²) in [7, 11) is 0. The number of nitrogens with zero attached hydrogens (tertiary/aromatic N) is 1. The molecule has 0 spiro atoms. The molecular formula is C11H8ClNOS2. The van der Waals surface area contributed by atoms with Crippen LogP contribution in [0.15, 0.2) is 41.6 Å². The Morgan fingerprint density at radius 3 is 2.88 bits per heavy atom. The third-order valence-electron chi connectivity index (χ3n) is 1.84. The van der Waals surface area contributed by atoms with E-state index >= 15 is 0 Å². The lowest BCUT2D eigenvalue weighted by atomic mass is 10.4. The van der Waals surface area contributed by atoms with Crippen molar-refractivity contribution in [3.63, 3.8) is 0 Å². The van der Waals surface area contributed by atoms with Crippen molar-refractivity contribution in [2.45, 2.75) is 5.03 Å². The lowest BCUT2D eigenvalue weighted by Crippen LogP contribution is -1.99. The highest BCUT2D eigenvalue weighted by atomic mass is 35.5. The third kappa shape index (κ3) is 3.07. The van der Waals surface area contributed by atoms with Crippen molar-refractivity contribution in [3.8, 4) is 0 Å². The van der Waals surface area contributed by atoms with E-state index in [1.165, 1.54) is 23.1 Å². The molecule has 82 valence electrons. The first kappa shape index (κ1) is 11.6. The van der Waals surface area contributed by atoms with Crippen molar-refractivity contribution >= 4 is 40.5 Å². The Morgan fingerprint density at radius 2 is 2.25 bits per heavy atom. The lowest BCUT2D eigenvalue weighted by Gasteiger charge is -1.97. The van der Waals surface area contributed by atoms with Crippen LogP contribution in [0.3, 0.4) is 0 Å². The fourth-order valence-electron chi connectivity index (χ4n) is 1.11. The van der Waals surface area contributed by atoms with E-state index in [2.05, 4.69) is 4.98 Å². The molecule has 0 atom stereocenters. The minimum atomic E-state index is 0.0903. The van der Waals surface area contributed by atoms with E-state index in [9.17, 15) is 4.79 Å². The Kier molecular flexibility index (Phi) is 3.98. The van der Waals surface area contributed by atoms with E-state index in [1.807, 2.05) is 18.2 Å². The molecule has 0 aliphatic rings. The number of hydrogen-bond acceptors (Lipinski definition) is 4. The van der Waals surface area contributed by atoms with Gasteiger partial charge in [0.15, 0.2) is 5.78 Å². The van der Waals surface area contributed by atoms with Gasteiger partial charge in [-0.15, -0.1) is 11.3 Å². The standard InChI is InChI=1S/C11H8ClNOS2/c12-10-5-4-9(16-10)8(14)7-15-11-3-1-2-6-13-11/h1-6H,7H2. The van der Waals surface area contributed by atoms with Gasteiger partial charge in [-0.2, -0.15) is 0 Å². The van der Waals surface area contributed by atoms with E-state index in [1.54, 1.807) is 18.3 Å². The molecule has 0 amide bonds. The van der Waals surface area contributed by atoms with Crippen LogP contribution in [0.5, 0.6) is 0 Å². The van der Waals surface area contributed by atoms with Gasteiger partial charge >= 0.3 is 0 Å². The van der Waals surface area contributed by atoms with Crippen molar-refractivity contribution < 1.29 is 4.79 Å². The molecule has 0 aliphatic carbocycles. The highest BCUT2D eigenvalue weighted by Crippen LogP contribution is 2.24. The number of halogens is 1. The summed E-state index contributed by atoms with van der Waals surface area (Å²) >= 11 is 8.52. The summed E-state index contributed by atoms with van der Waals surface area (Å²) in [6.07, 6.45) is 1.72. The van der Waals surface area contributed by atoms with Crippen molar-refractivity contribution in [2.75, 3.05) is 5.75 Å². The van der Waals surface area contributed by atoms with Crippen LogP contribution >= 0.6 is 34.7 Å². The van der Waals surface area contributed by atoms with Gasteiger partial charge in [-0.1, -0.05) is 29.4 Å². The summed E-state index contributed by atoms with van der Waals surface area (Å²) in [4.78, 5) is 16.6. The van der Waals surface area contributed by atoms with Crippen molar-refractivity contribution in [1.29, 1.82) is 0 Å². The van der Waals surface area contributed by atoms with Crippen LogP contribution in [0.1, 0.15) is 9.67 Å². The quantitative estimate of drug-likeness (QED) is 0.625. The maximum Gasteiger partial charge on any atom is 0.183 e. The molecule has 2 heterocycles. The van der Waals surface area contributed by atoms with Gasteiger partial charge in [0.25, 0.3) is 0 Å². The number of ketones is 1. The Labute approximate surface area is 107 Å². The first-order valence-electron chi connectivity index (χ1n) is 4.58. The number of rotatable bonds is 4. The van der Waals surface area contributed by atoms with Gasteiger partial charge in [-0.3, -0.25) is 4.79 Å². The zero-order valence-electron chi connectivity index (χ0n) is 8.22. The molecule has 0 radical (unpaired) electrons. The van der Waals surface area contributed by atoms with Gasteiger partial charge in [0, 0.05) is 6.20 Å². The van der Waals surface area contributed by atoms with E-state index in [0.717, 1.165) is 5.03 Å². The Hall–Kier alpha value is -0.840. The summed E-state index contributed by atoms with van der Waals surface area (Å²) in [5, 5.41) is 0.860. The maximum atomic E-state index is 11.7. The fraction of sp³-hybridized carbons (Fsp3) is 0.0909. The van der Waals surface area contributed by atoms with Gasteiger partial charge in [0.2, 0.25) is 0 Å². The highest BCUT2D eigenvalue weighted by Gasteiger charge is 2.09. The maximum absolute atomic E-state index is 11.7. The van der Waals surface area contributed by atoms with Crippen LogP contribution in [-0.2, 0) is 0 Å². The van der Waals surface area contributed by atoms with Gasteiger partial charge in [0.1, 0.15) is 0 Å². The molecule has 5 heteroatoms. The van der Waals surface area contributed by atoms with Gasteiger partial charge in [-0.05, 0) is 24.3 Å². The van der Waals surface area contributed by atoms with Crippen LogP contribution in [0.25, 0.3) is 0 Å². The molecule has 0 saturated carbocycles. The van der Waals surface area contributed by atoms with Crippen molar-refractivity contribution in [1.82, 2.24) is 4.98 Å². The number of thioether (sulfide) groups is 1. The highest BCUT2D eigenvalue weighted by molar-refractivity contribution is 7.99. The van der Waals surface area contributed by atoms with E-state index in [0.29, 0.717) is 15.0 Å². The van der Waals surface area contributed by atoms with E-state index in [4.69, 9.17) is 11.6 Å². The summed E-state index contributed by atoms with van der Waals surface area (Å²) < 4.78 is 0.645. The minimum absolute atomic E-state index is 0.0903. The molecule has 0 saturated heterocycles. The molecule has 0 aromatic carbocycles. The number of carbonyl (C=O) groups excluding carboxylic acids is 1. The SMILES string of the molecule is O=C(CSc1ccccn1)c1ccc(Cl)s1. The summed E-state index contributed by atoms with van der Waals surface area (Å²) in [5.74, 6) is 0.487. The molecule has 2 aromatic rings. The Morgan fingerprint density at radius 1 is 1.38 bits per heavy atom. The summed E-state index contributed by atoms with van der Waals surface area (Å²) in [6.45, 7) is 0. The predicted octanol–water partition coefficient (Wildman–Crippen LogP) is 3.77. The van der Waals surface area contributed by atoms with Gasteiger partial charge in [-0.25, -0.2) is 4.98 Å². The second kappa shape index (κ2) is 5.48. The second-order valence-corrected chi connectivity index (χ2v) is 5.69. The van der Waals surface area contributed by atoms with E-state index in [-0.39, 0.29) is 5.78 Å². The minimum Gasteiger partial charge on any atom is -0.292 e. The molecule has 16 heavy (non-hydrogen) atoms. The van der Waals surface area contributed by atoms with E-state index < -0.39 is 0 Å². The van der Waals surface area contributed by atoms with Crippen LogP contribution in [0.2, 0.25) is 4.34 Å². The number of aromatic nitrogens is 1. The Balaban J connectivity index is 1.94. The van der Waals surface area contributed by atoms with Crippen LogP contribution in [0, 0.1) is 0 Å². The number of pyridine rings is 1. The van der Waals surface area contributed by atoms with Gasteiger partial charge < -0.3 is 0 Å². The molecule has 2 rings (SSSR count). The molecule has 0 bridgehead atoms. The van der Waals surface area contributed by atoms with Crippen LogP contribution in [-0.4, -0.2) is 16.5 Å². The molecule has 2 aromatic heterocycles. The zero-order valence-corrected chi connectivity index (χ0v) is 10.6. The third-order valence-corrected chi connectivity index (χ3v) is 4.05. The van der Waals surface area contributed by atoms with Crippen LogP contribution in [0.4, 0.5) is 0 Å². The molecule has 0 fully saturated rings. The molecule has 0 aliphatic heterocycles. The molecular weight excluding hydrogens is 262 g/mol.